The first kappa shape index (κ1) is 10.6. The minimum atomic E-state index is -0.620. The molecule has 0 aliphatic rings. The lowest BCUT2D eigenvalue weighted by Gasteiger charge is -2.03. The molecule has 0 spiro atoms. The van der Waals surface area contributed by atoms with Crippen LogP contribution in [0, 0.1) is 5.92 Å². The topological polar surface area (TPSA) is 70.6 Å². The van der Waals surface area contributed by atoms with Crippen molar-refractivity contribution in [2.45, 2.75) is 20.8 Å². The van der Waals surface area contributed by atoms with Gasteiger partial charge < -0.3 is 0 Å². The van der Waals surface area contributed by atoms with Crippen LogP contribution in [0.25, 0.3) is 0 Å². The molecule has 5 nitrogen and oxygen atoms in total. The van der Waals surface area contributed by atoms with Crippen molar-refractivity contribution in [2.75, 3.05) is 0 Å². The molecule has 2 N–H and O–H groups in total. The van der Waals surface area contributed by atoms with Crippen LogP contribution in [-0.4, -0.2) is 18.2 Å². The molecule has 0 atom stereocenters. The molecule has 0 aromatic heterocycles. The van der Waals surface area contributed by atoms with Crippen molar-refractivity contribution in [2.24, 2.45) is 11.0 Å². The van der Waals surface area contributed by atoms with Gasteiger partial charge in [-0.25, -0.2) is 10.2 Å². The summed E-state index contributed by atoms with van der Waals surface area (Å²) in [4.78, 5) is 20.4. The van der Waals surface area contributed by atoms with Crippen molar-refractivity contribution in [1.82, 2.24) is 10.7 Å². The highest BCUT2D eigenvalue weighted by atomic mass is 16.2. The van der Waals surface area contributed by atoms with Gasteiger partial charge in [-0.15, -0.1) is 0 Å². The molecule has 0 unspecified atom stereocenters. The molecule has 0 fully saturated rings. The van der Waals surface area contributed by atoms with E-state index in [1.807, 2.05) is 19.2 Å². The van der Waals surface area contributed by atoms with Crippen LogP contribution in [0.3, 0.4) is 0 Å². The van der Waals surface area contributed by atoms with Gasteiger partial charge >= 0.3 is 6.03 Å². The number of rotatable bonds is 3. The Morgan fingerprint density at radius 3 is 2.50 bits per heavy atom. The fourth-order valence-corrected chi connectivity index (χ4v) is 0.354. The Labute approximate surface area is 71.2 Å². The van der Waals surface area contributed by atoms with Gasteiger partial charge in [0.25, 0.3) is 0 Å². The minimum absolute atomic E-state index is 0.279. The van der Waals surface area contributed by atoms with Gasteiger partial charge in [-0.1, -0.05) is 13.8 Å². The van der Waals surface area contributed by atoms with Crippen molar-refractivity contribution in [3.63, 3.8) is 0 Å². The first-order valence-corrected chi connectivity index (χ1v) is 3.62. The maximum absolute atomic E-state index is 10.6. The van der Waals surface area contributed by atoms with Crippen molar-refractivity contribution >= 4 is 18.2 Å². The third-order valence-electron chi connectivity index (χ3n) is 1.36. The van der Waals surface area contributed by atoms with E-state index in [2.05, 4.69) is 10.5 Å². The summed E-state index contributed by atoms with van der Waals surface area (Å²) < 4.78 is 0. The average Bonchev–Trinajstić information content (AvgIpc) is 2.00. The number of amides is 3. The molecule has 0 bridgehead atoms. The second-order valence-corrected chi connectivity index (χ2v) is 2.61. The summed E-state index contributed by atoms with van der Waals surface area (Å²) >= 11 is 0. The van der Waals surface area contributed by atoms with Gasteiger partial charge in [0, 0.05) is 5.71 Å². The van der Waals surface area contributed by atoms with Gasteiger partial charge in [-0.2, -0.15) is 5.10 Å². The van der Waals surface area contributed by atoms with E-state index in [9.17, 15) is 9.59 Å². The summed E-state index contributed by atoms with van der Waals surface area (Å²) in [5, 5.41) is 5.64. The minimum Gasteiger partial charge on any atom is -0.279 e. The third-order valence-corrected chi connectivity index (χ3v) is 1.36. The average molecular weight is 171 g/mol. The quantitative estimate of drug-likeness (QED) is 0.368. The zero-order valence-electron chi connectivity index (χ0n) is 7.42. The third kappa shape index (κ3) is 4.43. The van der Waals surface area contributed by atoms with E-state index in [1.165, 1.54) is 0 Å². The molecule has 0 aromatic rings. The van der Waals surface area contributed by atoms with E-state index in [0.29, 0.717) is 6.41 Å². The Hall–Kier alpha value is -1.39. The van der Waals surface area contributed by atoms with Crippen LogP contribution < -0.4 is 10.7 Å². The zero-order chi connectivity index (χ0) is 9.56. The summed E-state index contributed by atoms with van der Waals surface area (Å²) in [6.45, 7) is 5.71. The standard InChI is InChI=1S/C7H13N3O2/c1-5(2)6(3)9-10-7(12)8-4-11/h4-5H,1-3H3,(H2,8,10,11,12)/b9-6+. The number of carbonyl (C=O) groups is 2. The monoisotopic (exact) mass is 171 g/mol. The summed E-state index contributed by atoms with van der Waals surface area (Å²) in [5.41, 5.74) is 2.97. The Bertz CT molecular complexity index is 199. The lowest BCUT2D eigenvalue weighted by molar-refractivity contribution is -0.108. The molecule has 68 valence electrons. The molecule has 0 saturated heterocycles. The molecule has 5 heteroatoms. The molecule has 0 radical (unpaired) electrons. The Kier molecular flexibility index (Phi) is 4.67. The summed E-state index contributed by atoms with van der Waals surface area (Å²) in [6, 6.07) is -0.620. The van der Waals surface area contributed by atoms with Gasteiger partial charge in [0.1, 0.15) is 0 Å². The zero-order valence-corrected chi connectivity index (χ0v) is 7.42. The van der Waals surface area contributed by atoms with Crippen LogP contribution in [-0.2, 0) is 4.79 Å². The number of nitrogens with one attached hydrogen (secondary N) is 2. The Morgan fingerprint density at radius 1 is 1.50 bits per heavy atom. The maximum Gasteiger partial charge on any atom is 0.341 e. The van der Waals surface area contributed by atoms with Gasteiger partial charge in [0.15, 0.2) is 0 Å². The number of hydrogen-bond acceptors (Lipinski definition) is 3. The van der Waals surface area contributed by atoms with Crippen molar-refractivity contribution in [3.05, 3.63) is 0 Å². The number of imide groups is 1. The predicted octanol–water partition coefficient (Wildman–Crippen LogP) is 0.474. The molecule has 12 heavy (non-hydrogen) atoms. The van der Waals surface area contributed by atoms with Crippen LogP contribution in [0.4, 0.5) is 4.79 Å². The summed E-state index contributed by atoms with van der Waals surface area (Å²) in [6.07, 6.45) is 0.301. The molecule has 3 amide bonds. The second-order valence-electron chi connectivity index (χ2n) is 2.61. The lowest BCUT2D eigenvalue weighted by atomic mass is 10.1. The van der Waals surface area contributed by atoms with E-state index < -0.39 is 6.03 Å². The first-order chi connectivity index (χ1) is 5.57. The largest absolute Gasteiger partial charge is 0.341 e. The highest BCUT2D eigenvalue weighted by molar-refractivity contribution is 5.88. The van der Waals surface area contributed by atoms with Gasteiger partial charge in [0.2, 0.25) is 6.41 Å². The van der Waals surface area contributed by atoms with Crippen molar-refractivity contribution in [3.8, 4) is 0 Å². The van der Waals surface area contributed by atoms with E-state index in [-0.39, 0.29) is 5.92 Å². The van der Waals surface area contributed by atoms with Crippen LogP contribution >= 0.6 is 0 Å². The number of hydrogen-bond donors (Lipinski definition) is 2. The van der Waals surface area contributed by atoms with E-state index >= 15 is 0 Å². The van der Waals surface area contributed by atoms with E-state index in [0.717, 1.165) is 5.71 Å². The number of carbonyl (C=O) groups excluding carboxylic acids is 2. The van der Waals surface area contributed by atoms with Crippen molar-refractivity contribution in [1.29, 1.82) is 0 Å². The number of nitrogens with zero attached hydrogens (tertiary/aromatic N) is 1. The molecule has 0 aliphatic heterocycles. The molecule has 0 rings (SSSR count). The molecule has 0 aromatic carbocycles. The van der Waals surface area contributed by atoms with E-state index in [4.69, 9.17) is 0 Å². The normalized spacial score (nSPS) is 11.2. The number of urea groups is 1. The van der Waals surface area contributed by atoms with E-state index in [1.54, 1.807) is 6.92 Å². The fraction of sp³-hybridized carbons (Fsp3) is 0.571. The summed E-state index contributed by atoms with van der Waals surface area (Å²) in [7, 11) is 0. The lowest BCUT2D eigenvalue weighted by Crippen LogP contribution is -2.31. The number of hydrazone groups is 1. The predicted molar refractivity (Wildman–Crippen MR) is 45.7 cm³/mol. The van der Waals surface area contributed by atoms with Crippen LogP contribution in [0.2, 0.25) is 0 Å². The van der Waals surface area contributed by atoms with Crippen LogP contribution in [0.1, 0.15) is 20.8 Å². The highest BCUT2D eigenvalue weighted by Crippen LogP contribution is 1.93. The SMILES string of the molecule is C/C(=N\NC(=O)NC=O)C(C)C. The molecule has 0 aliphatic carbocycles. The maximum atomic E-state index is 10.6. The fourth-order valence-electron chi connectivity index (χ4n) is 0.354. The molecular formula is C7H13N3O2. The van der Waals surface area contributed by atoms with Crippen LogP contribution in [0.5, 0.6) is 0 Å². The molecule has 0 heterocycles. The first-order valence-electron chi connectivity index (χ1n) is 3.62. The van der Waals surface area contributed by atoms with Gasteiger partial charge in [0.05, 0.1) is 0 Å². The Morgan fingerprint density at radius 2 is 2.08 bits per heavy atom. The highest BCUT2D eigenvalue weighted by Gasteiger charge is 1.99. The summed E-state index contributed by atoms with van der Waals surface area (Å²) in [5.74, 6) is 0.279. The van der Waals surface area contributed by atoms with Crippen molar-refractivity contribution < 1.29 is 9.59 Å². The smallest absolute Gasteiger partial charge is 0.279 e. The molecular weight excluding hydrogens is 158 g/mol. The van der Waals surface area contributed by atoms with Gasteiger partial charge in [-0.3, -0.25) is 10.1 Å². The molecule has 0 saturated carbocycles. The van der Waals surface area contributed by atoms with Gasteiger partial charge in [-0.05, 0) is 12.8 Å². The van der Waals surface area contributed by atoms with Crippen LogP contribution in [0.15, 0.2) is 5.10 Å². The second kappa shape index (κ2) is 5.29. The Balaban J connectivity index is 3.87.